The Hall–Kier alpha value is -1.16. The van der Waals surface area contributed by atoms with E-state index < -0.39 is 6.10 Å². The van der Waals surface area contributed by atoms with Crippen LogP contribution in [0.4, 0.5) is 0 Å². The van der Waals surface area contributed by atoms with Crippen LogP contribution in [0.3, 0.4) is 0 Å². The van der Waals surface area contributed by atoms with Gasteiger partial charge in [-0.1, -0.05) is 25.0 Å². The number of hydrogen-bond donors (Lipinski definition) is 1. The first-order valence-electron chi connectivity index (χ1n) is 7.78. The van der Waals surface area contributed by atoms with Gasteiger partial charge in [0, 0.05) is 17.5 Å². The molecule has 1 aliphatic rings. The average molecular weight is 307 g/mol. The predicted octanol–water partition coefficient (Wildman–Crippen LogP) is 3.55. The molecule has 2 rings (SSSR count). The van der Waals surface area contributed by atoms with Crippen LogP contribution in [-0.4, -0.2) is 29.6 Å². The highest BCUT2D eigenvalue weighted by Gasteiger charge is 2.16. The molecule has 0 aliphatic heterocycles. The zero-order valence-electron chi connectivity index (χ0n) is 12.9. The minimum absolute atomic E-state index is 0.0384. The zero-order chi connectivity index (χ0) is 15.1. The number of ether oxygens (including phenoxy) is 1. The third-order valence-corrected chi connectivity index (χ3v) is 5.11. The number of nitrogens with one attached hydrogen (secondary N) is 1. The highest BCUT2D eigenvalue weighted by Crippen LogP contribution is 2.28. The van der Waals surface area contributed by atoms with E-state index in [1.807, 2.05) is 43.0 Å². The quantitative estimate of drug-likeness (QED) is 0.783. The number of aryl methyl sites for hydroxylation is 1. The van der Waals surface area contributed by atoms with E-state index in [4.69, 9.17) is 4.74 Å². The van der Waals surface area contributed by atoms with Gasteiger partial charge in [-0.15, -0.1) is 0 Å². The van der Waals surface area contributed by atoms with Crippen molar-refractivity contribution in [3.8, 4) is 5.75 Å². The lowest BCUT2D eigenvalue weighted by Crippen LogP contribution is -2.37. The fourth-order valence-electron chi connectivity index (χ4n) is 2.54. The molecule has 0 saturated heterocycles. The standard InChI is InChI=1S/C17H25NO2S/c1-13-6-5-7-15(12-13)20-14(2)17(19)18-10-11-21-16-8-3-4-9-16/h5-7,12,14,16H,3-4,8-11H2,1-2H3,(H,18,19)/t14-/m1/s1. The van der Waals surface area contributed by atoms with Gasteiger partial charge in [-0.25, -0.2) is 0 Å². The van der Waals surface area contributed by atoms with Crippen molar-refractivity contribution >= 4 is 17.7 Å². The summed E-state index contributed by atoms with van der Waals surface area (Å²) in [6.45, 7) is 4.53. The third-order valence-electron chi connectivity index (χ3n) is 3.73. The molecule has 116 valence electrons. The second-order valence-corrected chi connectivity index (χ2v) is 7.05. The highest BCUT2D eigenvalue weighted by atomic mass is 32.2. The molecule has 1 fully saturated rings. The van der Waals surface area contributed by atoms with E-state index in [2.05, 4.69) is 5.32 Å². The smallest absolute Gasteiger partial charge is 0.260 e. The van der Waals surface area contributed by atoms with Gasteiger partial charge in [-0.2, -0.15) is 11.8 Å². The normalized spacial score (nSPS) is 16.7. The molecule has 21 heavy (non-hydrogen) atoms. The lowest BCUT2D eigenvalue weighted by atomic mass is 10.2. The van der Waals surface area contributed by atoms with Crippen LogP contribution in [0.25, 0.3) is 0 Å². The second-order valence-electron chi connectivity index (χ2n) is 5.64. The van der Waals surface area contributed by atoms with Crippen LogP contribution in [0.5, 0.6) is 5.75 Å². The van der Waals surface area contributed by atoms with Gasteiger partial charge < -0.3 is 10.1 Å². The van der Waals surface area contributed by atoms with Crippen LogP contribution in [0, 0.1) is 6.92 Å². The minimum Gasteiger partial charge on any atom is -0.481 e. The third kappa shape index (κ3) is 5.62. The first kappa shape index (κ1) is 16.2. The zero-order valence-corrected chi connectivity index (χ0v) is 13.7. The Kier molecular flexibility index (Phi) is 6.43. The maximum atomic E-state index is 12.0. The monoisotopic (exact) mass is 307 g/mol. The summed E-state index contributed by atoms with van der Waals surface area (Å²) in [5.74, 6) is 1.70. The van der Waals surface area contributed by atoms with Gasteiger partial charge in [-0.3, -0.25) is 4.79 Å². The molecule has 4 heteroatoms. The average Bonchev–Trinajstić information content (AvgIpc) is 2.96. The summed E-state index contributed by atoms with van der Waals surface area (Å²) >= 11 is 1.99. The van der Waals surface area contributed by atoms with Crippen molar-refractivity contribution in [2.45, 2.75) is 50.9 Å². The summed E-state index contributed by atoms with van der Waals surface area (Å²) in [4.78, 5) is 12.0. The van der Waals surface area contributed by atoms with Crippen molar-refractivity contribution in [2.75, 3.05) is 12.3 Å². The highest BCUT2D eigenvalue weighted by molar-refractivity contribution is 7.99. The fourth-order valence-corrected chi connectivity index (χ4v) is 3.76. The molecule has 0 heterocycles. The number of thioether (sulfide) groups is 1. The molecule has 1 aromatic rings. The van der Waals surface area contributed by atoms with Gasteiger partial charge in [0.1, 0.15) is 5.75 Å². The van der Waals surface area contributed by atoms with Gasteiger partial charge in [0.05, 0.1) is 0 Å². The molecule has 1 aromatic carbocycles. The van der Waals surface area contributed by atoms with E-state index in [1.165, 1.54) is 25.7 Å². The van der Waals surface area contributed by atoms with E-state index in [-0.39, 0.29) is 5.91 Å². The maximum Gasteiger partial charge on any atom is 0.260 e. The van der Waals surface area contributed by atoms with Crippen LogP contribution in [0.15, 0.2) is 24.3 Å². The van der Waals surface area contributed by atoms with Crippen LogP contribution < -0.4 is 10.1 Å². The minimum atomic E-state index is -0.455. The molecule has 3 nitrogen and oxygen atoms in total. The Bertz CT molecular complexity index is 458. The first-order valence-corrected chi connectivity index (χ1v) is 8.82. The van der Waals surface area contributed by atoms with E-state index in [1.54, 1.807) is 6.92 Å². The molecule has 0 spiro atoms. The topological polar surface area (TPSA) is 38.3 Å². The Morgan fingerprint density at radius 3 is 2.90 bits per heavy atom. The molecule has 1 saturated carbocycles. The fraction of sp³-hybridized carbons (Fsp3) is 0.588. The Balaban J connectivity index is 1.65. The summed E-state index contributed by atoms with van der Waals surface area (Å²) in [6, 6.07) is 7.78. The molecule has 0 unspecified atom stereocenters. The van der Waals surface area contributed by atoms with Crippen molar-refractivity contribution < 1.29 is 9.53 Å². The molecular formula is C17H25NO2S. The van der Waals surface area contributed by atoms with E-state index >= 15 is 0 Å². The van der Waals surface area contributed by atoms with Gasteiger partial charge in [0.25, 0.3) is 5.91 Å². The summed E-state index contributed by atoms with van der Waals surface area (Å²) in [7, 11) is 0. The number of hydrogen-bond acceptors (Lipinski definition) is 3. The molecule has 1 atom stereocenters. The molecule has 0 radical (unpaired) electrons. The Morgan fingerprint density at radius 1 is 1.43 bits per heavy atom. The first-order chi connectivity index (χ1) is 10.1. The van der Waals surface area contributed by atoms with E-state index in [0.717, 1.165) is 28.9 Å². The largest absolute Gasteiger partial charge is 0.481 e. The van der Waals surface area contributed by atoms with Gasteiger partial charge in [0.15, 0.2) is 6.10 Å². The van der Waals surface area contributed by atoms with Gasteiger partial charge in [0.2, 0.25) is 0 Å². The number of carbonyl (C=O) groups excluding carboxylic acids is 1. The summed E-state index contributed by atoms with van der Waals surface area (Å²) in [5, 5.41) is 3.76. The van der Waals surface area contributed by atoms with Gasteiger partial charge >= 0.3 is 0 Å². The number of carbonyl (C=O) groups is 1. The van der Waals surface area contributed by atoms with Crippen molar-refractivity contribution in [3.63, 3.8) is 0 Å². The predicted molar refractivity (Wildman–Crippen MR) is 89.0 cm³/mol. The van der Waals surface area contributed by atoms with E-state index in [0.29, 0.717) is 0 Å². The maximum absolute atomic E-state index is 12.0. The molecule has 1 N–H and O–H groups in total. The van der Waals surface area contributed by atoms with Crippen molar-refractivity contribution in [1.29, 1.82) is 0 Å². The van der Waals surface area contributed by atoms with Crippen molar-refractivity contribution in [1.82, 2.24) is 5.32 Å². The SMILES string of the molecule is Cc1cccc(O[C@H](C)C(=O)NCCSC2CCCC2)c1. The van der Waals surface area contributed by atoms with Crippen LogP contribution in [0.1, 0.15) is 38.2 Å². The Labute approximate surface area is 131 Å². The summed E-state index contributed by atoms with van der Waals surface area (Å²) in [6.07, 6.45) is 4.96. The van der Waals surface area contributed by atoms with E-state index in [9.17, 15) is 4.79 Å². The lowest BCUT2D eigenvalue weighted by molar-refractivity contribution is -0.127. The van der Waals surface area contributed by atoms with Crippen LogP contribution in [-0.2, 0) is 4.79 Å². The molecule has 1 amide bonds. The molecule has 0 bridgehead atoms. The van der Waals surface area contributed by atoms with Gasteiger partial charge in [-0.05, 0) is 44.4 Å². The Morgan fingerprint density at radius 2 is 2.19 bits per heavy atom. The van der Waals surface area contributed by atoms with Crippen molar-refractivity contribution in [2.24, 2.45) is 0 Å². The van der Waals surface area contributed by atoms with Crippen LogP contribution >= 0.6 is 11.8 Å². The van der Waals surface area contributed by atoms with Crippen LogP contribution in [0.2, 0.25) is 0 Å². The lowest BCUT2D eigenvalue weighted by Gasteiger charge is -2.15. The molecule has 1 aliphatic carbocycles. The summed E-state index contributed by atoms with van der Waals surface area (Å²) < 4.78 is 5.67. The van der Waals surface area contributed by atoms with Crippen molar-refractivity contribution in [3.05, 3.63) is 29.8 Å². The second kappa shape index (κ2) is 8.32. The molecule has 0 aromatic heterocycles. The number of amides is 1. The number of benzene rings is 1. The number of rotatable bonds is 7. The molecular weight excluding hydrogens is 282 g/mol. The summed E-state index contributed by atoms with van der Waals surface area (Å²) in [5.41, 5.74) is 1.13.